The van der Waals surface area contributed by atoms with Crippen LogP contribution in [0.4, 0.5) is 0 Å². The van der Waals surface area contributed by atoms with E-state index in [0.29, 0.717) is 13.2 Å². The lowest BCUT2D eigenvalue weighted by molar-refractivity contribution is 0.143. The molecule has 0 fully saturated rings. The van der Waals surface area contributed by atoms with E-state index >= 15 is 0 Å². The topological polar surface area (TPSA) is 54.9 Å². The molecule has 0 bridgehead atoms. The number of nitrogens with zero attached hydrogens (tertiary/aromatic N) is 1. The number of guanidine groups is 1. The van der Waals surface area contributed by atoms with Gasteiger partial charge in [-0.15, -0.1) is 0 Å². The number of aliphatic imine (C=N–C) groups is 1. The van der Waals surface area contributed by atoms with Gasteiger partial charge in [-0.1, -0.05) is 32.9 Å². The quantitative estimate of drug-likeness (QED) is 0.386. The fourth-order valence-electron chi connectivity index (χ4n) is 2.29. The first kappa shape index (κ1) is 21.3. The molecule has 5 heteroatoms. The summed E-state index contributed by atoms with van der Waals surface area (Å²) in [6, 6.07) is 8.31. The third kappa shape index (κ3) is 9.34. The Morgan fingerprint density at radius 3 is 2.52 bits per heavy atom. The van der Waals surface area contributed by atoms with E-state index in [1.54, 1.807) is 7.05 Å². The van der Waals surface area contributed by atoms with E-state index in [-0.39, 0.29) is 5.41 Å². The molecule has 0 aliphatic carbocycles. The molecule has 0 saturated carbocycles. The van der Waals surface area contributed by atoms with E-state index in [1.165, 1.54) is 5.56 Å². The standard InChI is InChI=1S/C20H35N3O2/c1-6-24-14-8-7-12-22-19(21-5)23-13-15-25-18-11-9-10-17(16-18)20(2,3)4/h9-11,16H,6-8,12-15H2,1-5H3,(H2,21,22,23). The second kappa shape index (κ2) is 11.7. The maximum atomic E-state index is 5.84. The maximum absolute atomic E-state index is 5.84. The van der Waals surface area contributed by atoms with Crippen molar-refractivity contribution < 1.29 is 9.47 Å². The summed E-state index contributed by atoms with van der Waals surface area (Å²) < 4.78 is 11.2. The van der Waals surface area contributed by atoms with E-state index in [4.69, 9.17) is 9.47 Å². The van der Waals surface area contributed by atoms with Crippen LogP contribution in [0.3, 0.4) is 0 Å². The van der Waals surface area contributed by atoms with Crippen LogP contribution < -0.4 is 15.4 Å². The van der Waals surface area contributed by atoms with Crippen molar-refractivity contribution in [3.05, 3.63) is 29.8 Å². The van der Waals surface area contributed by atoms with Crippen molar-refractivity contribution in [2.24, 2.45) is 4.99 Å². The third-order valence-corrected chi connectivity index (χ3v) is 3.80. The minimum atomic E-state index is 0.131. The van der Waals surface area contributed by atoms with Gasteiger partial charge in [-0.2, -0.15) is 0 Å². The van der Waals surface area contributed by atoms with Gasteiger partial charge >= 0.3 is 0 Å². The number of nitrogens with one attached hydrogen (secondary N) is 2. The van der Waals surface area contributed by atoms with Crippen molar-refractivity contribution in [1.82, 2.24) is 10.6 Å². The molecular weight excluding hydrogens is 314 g/mol. The summed E-state index contributed by atoms with van der Waals surface area (Å²) in [6.07, 6.45) is 2.13. The van der Waals surface area contributed by atoms with Crippen LogP contribution >= 0.6 is 0 Å². The summed E-state index contributed by atoms with van der Waals surface area (Å²) >= 11 is 0. The van der Waals surface area contributed by atoms with Gasteiger partial charge in [0.2, 0.25) is 0 Å². The average molecular weight is 350 g/mol. The Morgan fingerprint density at radius 1 is 1.08 bits per heavy atom. The number of ether oxygens (including phenoxy) is 2. The van der Waals surface area contributed by atoms with Crippen molar-refractivity contribution in [2.75, 3.05) is 40.0 Å². The first-order valence-electron chi connectivity index (χ1n) is 9.23. The van der Waals surface area contributed by atoms with Gasteiger partial charge in [0.25, 0.3) is 0 Å². The van der Waals surface area contributed by atoms with E-state index in [0.717, 1.165) is 44.3 Å². The van der Waals surface area contributed by atoms with Gasteiger partial charge in [0.05, 0.1) is 6.54 Å². The number of rotatable bonds is 10. The molecule has 5 nitrogen and oxygen atoms in total. The Labute approximate surface area is 153 Å². The Bertz CT molecular complexity index is 510. The summed E-state index contributed by atoms with van der Waals surface area (Å²) in [7, 11) is 1.78. The zero-order valence-corrected chi connectivity index (χ0v) is 16.5. The van der Waals surface area contributed by atoms with Crippen molar-refractivity contribution >= 4 is 5.96 Å². The van der Waals surface area contributed by atoms with Crippen LogP contribution in [-0.4, -0.2) is 45.9 Å². The molecule has 0 aliphatic rings. The largest absolute Gasteiger partial charge is 0.492 e. The Kier molecular flexibility index (Phi) is 10.0. The molecular formula is C20H35N3O2. The van der Waals surface area contributed by atoms with Gasteiger partial charge in [-0.05, 0) is 42.9 Å². The van der Waals surface area contributed by atoms with Crippen LogP contribution in [0.5, 0.6) is 5.75 Å². The zero-order chi connectivity index (χ0) is 18.5. The number of hydrogen-bond donors (Lipinski definition) is 2. The monoisotopic (exact) mass is 349 g/mol. The molecule has 0 atom stereocenters. The fraction of sp³-hybridized carbons (Fsp3) is 0.650. The zero-order valence-electron chi connectivity index (χ0n) is 16.5. The van der Waals surface area contributed by atoms with Crippen LogP contribution in [0.25, 0.3) is 0 Å². The number of benzene rings is 1. The van der Waals surface area contributed by atoms with Crippen LogP contribution in [-0.2, 0) is 10.2 Å². The van der Waals surface area contributed by atoms with Gasteiger partial charge in [0, 0.05) is 26.8 Å². The second-order valence-electron chi connectivity index (χ2n) is 6.96. The summed E-state index contributed by atoms with van der Waals surface area (Å²) in [5.74, 6) is 1.72. The molecule has 142 valence electrons. The molecule has 2 N–H and O–H groups in total. The van der Waals surface area contributed by atoms with E-state index < -0.39 is 0 Å². The minimum Gasteiger partial charge on any atom is -0.492 e. The van der Waals surface area contributed by atoms with Crippen molar-refractivity contribution in [1.29, 1.82) is 0 Å². The van der Waals surface area contributed by atoms with Gasteiger partial charge < -0.3 is 20.1 Å². The second-order valence-corrected chi connectivity index (χ2v) is 6.96. The van der Waals surface area contributed by atoms with Crippen LogP contribution in [0.2, 0.25) is 0 Å². The predicted molar refractivity (Wildman–Crippen MR) is 106 cm³/mol. The summed E-state index contributed by atoms with van der Waals surface area (Å²) in [5, 5.41) is 6.57. The molecule has 0 amide bonds. The molecule has 0 unspecified atom stereocenters. The van der Waals surface area contributed by atoms with Gasteiger partial charge in [0.1, 0.15) is 12.4 Å². The summed E-state index contributed by atoms with van der Waals surface area (Å²) in [6.45, 7) is 12.4. The molecule has 1 aromatic rings. The number of hydrogen-bond acceptors (Lipinski definition) is 3. The Morgan fingerprint density at radius 2 is 1.84 bits per heavy atom. The summed E-state index contributed by atoms with van der Waals surface area (Å²) in [5.41, 5.74) is 1.41. The molecule has 1 rings (SSSR count). The van der Waals surface area contributed by atoms with Crippen LogP contribution in [0, 0.1) is 0 Å². The SMILES string of the molecule is CCOCCCCNC(=NC)NCCOc1cccc(C(C)(C)C)c1. The highest BCUT2D eigenvalue weighted by Crippen LogP contribution is 2.25. The van der Waals surface area contributed by atoms with Crippen LogP contribution in [0.1, 0.15) is 46.1 Å². The Hall–Kier alpha value is -1.75. The molecule has 25 heavy (non-hydrogen) atoms. The minimum absolute atomic E-state index is 0.131. The fourth-order valence-corrected chi connectivity index (χ4v) is 2.29. The smallest absolute Gasteiger partial charge is 0.191 e. The first-order chi connectivity index (χ1) is 12.0. The molecule has 0 radical (unpaired) electrons. The van der Waals surface area contributed by atoms with E-state index in [9.17, 15) is 0 Å². The highest BCUT2D eigenvalue weighted by molar-refractivity contribution is 5.79. The highest BCUT2D eigenvalue weighted by atomic mass is 16.5. The first-order valence-corrected chi connectivity index (χ1v) is 9.23. The molecule has 0 aromatic heterocycles. The lowest BCUT2D eigenvalue weighted by Gasteiger charge is -2.20. The summed E-state index contributed by atoms with van der Waals surface area (Å²) in [4.78, 5) is 4.22. The van der Waals surface area contributed by atoms with E-state index in [1.807, 2.05) is 19.1 Å². The van der Waals surface area contributed by atoms with Gasteiger partial charge in [-0.3, -0.25) is 4.99 Å². The molecule has 1 aromatic carbocycles. The molecule has 0 heterocycles. The van der Waals surface area contributed by atoms with Crippen molar-refractivity contribution in [3.63, 3.8) is 0 Å². The van der Waals surface area contributed by atoms with Crippen LogP contribution in [0.15, 0.2) is 29.3 Å². The van der Waals surface area contributed by atoms with E-state index in [2.05, 4.69) is 48.5 Å². The predicted octanol–water partition coefficient (Wildman–Crippen LogP) is 3.34. The van der Waals surface area contributed by atoms with Gasteiger partial charge in [-0.25, -0.2) is 0 Å². The maximum Gasteiger partial charge on any atom is 0.191 e. The highest BCUT2D eigenvalue weighted by Gasteiger charge is 2.13. The lowest BCUT2D eigenvalue weighted by atomic mass is 9.87. The third-order valence-electron chi connectivity index (χ3n) is 3.80. The van der Waals surface area contributed by atoms with Crippen molar-refractivity contribution in [3.8, 4) is 5.75 Å². The lowest BCUT2D eigenvalue weighted by Crippen LogP contribution is -2.39. The average Bonchev–Trinajstić information content (AvgIpc) is 2.59. The van der Waals surface area contributed by atoms with Gasteiger partial charge in [0.15, 0.2) is 5.96 Å². The number of unbranched alkanes of at least 4 members (excludes halogenated alkanes) is 1. The normalized spacial score (nSPS) is 12.1. The molecule has 0 spiro atoms. The Balaban J connectivity index is 2.23. The molecule has 0 aliphatic heterocycles. The molecule has 0 saturated heterocycles. The van der Waals surface area contributed by atoms with Crippen molar-refractivity contribution in [2.45, 2.75) is 46.0 Å².